The molecule has 114 valence electrons. The van der Waals surface area contributed by atoms with Gasteiger partial charge in [0.25, 0.3) is 0 Å². The van der Waals surface area contributed by atoms with Crippen molar-refractivity contribution in [3.05, 3.63) is 30.3 Å². The number of rotatable bonds is 4. The summed E-state index contributed by atoms with van der Waals surface area (Å²) in [6.45, 7) is 4.62. The van der Waals surface area contributed by atoms with E-state index in [9.17, 15) is 9.59 Å². The van der Waals surface area contributed by atoms with Crippen molar-refractivity contribution in [3.63, 3.8) is 0 Å². The summed E-state index contributed by atoms with van der Waals surface area (Å²) >= 11 is 0. The summed E-state index contributed by atoms with van der Waals surface area (Å²) in [6, 6.07) is 8.88. The van der Waals surface area contributed by atoms with Crippen LogP contribution >= 0.6 is 0 Å². The molecule has 0 aromatic heterocycles. The van der Waals surface area contributed by atoms with Crippen molar-refractivity contribution in [2.45, 2.75) is 45.2 Å². The molecule has 0 saturated carbocycles. The van der Waals surface area contributed by atoms with E-state index in [1.807, 2.05) is 44.2 Å². The highest BCUT2D eigenvalue weighted by molar-refractivity contribution is 5.94. The molecule has 2 atom stereocenters. The van der Waals surface area contributed by atoms with E-state index in [0.29, 0.717) is 6.54 Å². The molecule has 0 aliphatic carbocycles. The number of anilines is 1. The van der Waals surface area contributed by atoms with Crippen molar-refractivity contribution in [3.8, 4) is 0 Å². The number of nitrogens with one attached hydrogen (secondary N) is 2. The summed E-state index contributed by atoms with van der Waals surface area (Å²) in [7, 11) is 0. The Bertz CT molecular complexity index is 490. The van der Waals surface area contributed by atoms with Crippen LogP contribution in [-0.2, 0) is 4.79 Å². The number of urea groups is 1. The van der Waals surface area contributed by atoms with E-state index in [1.165, 1.54) is 0 Å². The summed E-state index contributed by atoms with van der Waals surface area (Å²) in [5, 5.41) is 5.80. The van der Waals surface area contributed by atoms with Gasteiger partial charge in [-0.05, 0) is 38.3 Å². The van der Waals surface area contributed by atoms with E-state index >= 15 is 0 Å². The number of hydrogen-bond acceptors (Lipinski definition) is 2. The summed E-state index contributed by atoms with van der Waals surface area (Å²) < 4.78 is 0. The first-order chi connectivity index (χ1) is 10.1. The van der Waals surface area contributed by atoms with E-state index in [4.69, 9.17) is 0 Å². The number of benzene rings is 1. The zero-order valence-electron chi connectivity index (χ0n) is 12.6. The topological polar surface area (TPSA) is 61.4 Å². The van der Waals surface area contributed by atoms with E-state index in [0.717, 1.165) is 24.9 Å². The molecule has 21 heavy (non-hydrogen) atoms. The molecule has 1 aromatic carbocycles. The number of hydrogen-bond donors (Lipinski definition) is 2. The van der Waals surface area contributed by atoms with Gasteiger partial charge < -0.3 is 15.5 Å². The van der Waals surface area contributed by atoms with Crippen LogP contribution in [0.5, 0.6) is 0 Å². The van der Waals surface area contributed by atoms with Crippen LogP contribution in [0, 0.1) is 0 Å². The molecule has 1 aliphatic rings. The van der Waals surface area contributed by atoms with Crippen molar-refractivity contribution >= 4 is 17.6 Å². The lowest BCUT2D eigenvalue weighted by atomic mass is 10.2. The molecule has 5 heteroatoms. The molecule has 1 saturated heterocycles. The second-order valence-electron chi connectivity index (χ2n) is 5.47. The molecule has 0 spiro atoms. The Hall–Kier alpha value is -2.04. The first kappa shape index (κ1) is 15.4. The van der Waals surface area contributed by atoms with Crippen molar-refractivity contribution in [1.82, 2.24) is 10.2 Å². The van der Waals surface area contributed by atoms with Gasteiger partial charge in [-0.1, -0.05) is 25.1 Å². The fourth-order valence-electron chi connectivity index (χ4n) is 2.44. The van der Waals surface area contributed by atoms with Crippen molar-refractivity contribution in [1.29, 1.82) is 0 Å². The highest BCUT2D eigenvalue weighted by Crippen LogP contribution is 2.19. The molecule has 2 rings (SSSR count). The molecule has 0 radical (unpaired) electrons. The lowest BCUT2D eigenvalue weighted by molar-refractivity contribution is -0.125. The highest BCUT2D eigenvalue weighted by atomic mass is 16.2. The van der Waals surface area contributed by atoms with Crippen LogP contribution in [0.2, 0.25) is 0 Å². The quantitative estimate of drug-likeness (QED) is 0.895. The normalized spacial score (nSPS) is 19.1. The third-order valence-corrected chi connectivity index (χ3v) is 3.84. The predicted molar refractivity (Wildman–Crippen MR) is 83.1 cm³/mol. The molecule has 1 aromatic rings. The summed E-state index contributed by atoms with van der Waals surface area (Å²) in [4.78, 5) is 26.2. The lowest BCUT2D eigenvalue weighted by Gasteiger charge is -2.25. The number of carbonyl (C=O) groups is 2. The first-order valence-corrected chi connectivity index (χ1v) is 7.55. The zero-order valence-corrected chi connectivity index (χ0v) is 12.6. The van der Waals surface area contributed by atoms with Gasteiger partial charge in [-0.15, -0.1) is 0 Å². The molecule has 2 N–H and O–H groups in total. The summed E-state index contributed by atoms with van der Waals surface area (Å²) in [5.41, 5.74) is 0.746. The maximum absolute atomic E-state index is 12.3. The average Bonchev–Trinajstić information content (AvgIpc) is 2.97. The lowest BCUT2D eigenvalue weighted by Crippen LogP contribution is -2.49. The SMILES string of the molecule is CCC(C)NC(=O)C1CCCN1C(=O)Nc1ccccc1. The maximum Gasteiger partial charge on any atom is 0.322 e. The van der Waals surface area contributed by atoms with Gasteiger partial charge in [-0.25, -0.2) is 4.79 Å². The molecule has 5 nitrogen and oxygen atoms in total. The van der Waals surface area contributed by atoms with Crippen LogP contribution in [0.1, 0.15) is 33.1 Å². The van der Waals surface area contributed by atoms with E-state index in [1.54, 1.807) is 4.90 Å². The Morgan fingerprint density at radius 1 is 1.33 bits per heavy atom. The van der Waals surface area contributed by atoms with Gasteiger partial charge in [0.1, 0.15) is 6.04 Å². The Balaban J connectivity index is 1.97. The standard InChI is InChI=1S/C16H23N3O2/c1-3-12(2)17-15(20)14-10-7-11-19(14)16(21)18-13-8-5-4-6-9-13/h4-6,8-9,12,14H,3,7,10-11H2,1-2H3,(H,17,20)(H,18,21). The fraction of sp³-hybridized carbons (Fsp3) is 0.500. The minimum absolute atomic E-state index is 0.0509. The summed E-state index contributed by atoms with van der Waals surface area (Å²) in [6.07, 6.45) is 2.47. The van der Waals surface area contributed by atoms with Gasteiger partial charge in [-0.2, -0.15) is 0 Å². The van der Waals surface area contributed by atoms with Crippen molar-refractivity contribution in [2.24, 2.45) is 0 Å². The van der Waals surface area contributed by atoms with Crippen molar-refractivity contribution < 1.29 is 9.59 Å². The first-order valence-electron chi connectivity index (χ1n) is 7.55. The molecule has 1 heterocycles. The third kappa shape index (κ3) is 3.97. The van der Waals surface area contributed by atoms with Gasteiger partial charge in [0.15, 0.2) is 0 Å². The van der Waals surface area contributed by atoms with Gasteiger partial charge in [-0.3, -0.25) is 4.79 Å². The smallest absolute Gasteiger partial charge is 0.322 e. The minimum Gasteiger partial charge on any atom is -0.352 e. The van der Waals surface area contributed by atoms with Crippen LogP contribution < -0.4 is 10.6 Å². The molecule has 0 bridgehead atoms. The maximum atomic E-state index is 12.3. The van der Waals surface area contributed by atoms with Gasteiger partial charge in [0.2, 0.25) is 5.91 Å². The second-order valence-corrected chi connectivity index (χ2v) is 5.47. The molecular formula is C16H23N3O2. The minimum atomic E-state index is -0.359. The predicted octanol–water partition coefficient (Wildman–Crippen LogP) is 2.60. The molecular weight excluding hydrogens is 266 g/mol. The molecule has 1 fully saturated rings. The van der Waals surface area contributed by atoms with E-state index < -0.39 is 0 Å². The second kappa shape index (κ2) is 7.11. The van der Waals surface area contributed by atoms with Gasteiger partial charge >= 0.3 is 6.03 Å². The Morgan fingerprint density at radius 3 is 2.71 bits per heavy atom. The third-order valence-electron chi connectivity index (χ3n) is 3.84. The highest BCUT2D eigenvalue weighted by Gasteiger charge is 2.34. The molecule has 1 aliphatic heterocycles. The van der Waals surface area contributed by atoms with Gasteiger partial charge in [0, 0.05) is 18.3 Å². The number of likely N-dealkylation sites (tertiary alicyclic amines) is 1. The van der Waals surface area contributed by atoms with Crippen molar-refractivity contribution in [2.75, 3.05) is 11.9 Å². The Labute approximate surface area is 125 Å². The number of para-hydroxylation sites is 1. The Kier molecular flexibility index (Phi) is 5.20. The van der Waals surface area contributed by atoms with Gasteiger partial charge in [0.05, 0.1) is 0 Å². The Morgan fingerprint density at radius 2 is 2.05 bits per heavy atom. The number of amides is 3. The van der Waals surface area contributed by atoms with Crippen LogP contribution in [0.3, 0.4) is 0 Å². The van der Waals surface area contributed by atoms with Crippen LogP contribution in [-0.4, -0.2) is 35.5 Å². The monoisotopic (exact) mass is 289 g/mol. The summed E-state index contributed by atoms with van der Waals surface area (Å²) in [5.74, 6) is -0.0509. The average molecular weight is 289 g/mol. The largest absolute Gasteiger partial charge is 0.352 e. The molecule has 2 unspecified atom stereocenters. The van der Waals surface area contributed by atoms with Crippen LogP contribution in [0.4, 0.5) is 10.5 Å². The fourth-order valence-corrected chi connectivity index (χ4v) is 2.44. The molecule has 3 amide bonds. The number of carbonyl (C=O) groups excluding carboxylic acids is 2. The van der Waals surface area contributed by atoms with Crippen LogP contribution in [0.15, 0.2) is 30.3 Å². The van der Waals surface area contributed by atoms with Crippen LogP contribution in [0.25, 0.3) is 0 Å². The zero-order chi connectivity index (χ0) is 15.2. The van der Waals surface area contributed by atoms with E-state index in [2.05, 4.69) is 10.6 Å². The number of nitrogens with zero attached hydrogens (tertiary/aromatic N) is 1. The van der Waals surface area contributed by atoms with E-state index in [-0.39, 0.29) is 24.0 Å².